The average molecular weight is 179 g/mol. The zero-order chi connectivity index (χ0) is 9.56. The van der Waals surface area contributed by atoms with Crippen molar-refractivity contribution in [2.75, 3.05) is 6.61 Å². The summed E-state index contributed by atoms with van der Waals surface area (Å²) >= 11 is 0. The molecule has 0 aromatic heterocycles. The van der Waals surface area contributed by atoms with Crippen LogP contribution in [0.5, 0.6) is 0 Å². The van der Waals surface area contributed by atoms with Gasteiger partial charge in [0.25, 0.3) is 0 Å². The van der Waals surface area contributed by atoms with E-state index in [1.165, 1.54) is 0 Å². The molecule has 0 heterocycles. The van der Waals surface area contributed by atoms with Crippen LogP contribution in [0.3, 0.4) is 0 Å². The number of aldehydes is 1. The highest BCUT2D eigenvalue weighted by molar-refractivity contribution is 5.50. The number of hydrogen-bond donors (Lipinski definition) is 4. The van der Waals surface area contributed by atoms with E-state index in [1.807, 2.05) is 0 Å². The fourth-order valence-electron chi connectivity index (χ4n) is 0.726. The Balaban J connectivity index is 3.99. The highest BCUT2D eigenvalue weighted by Crippen LogP contribution is 2.05. The number of carbonyl (C=O) groups is 1. The highest BCUT2D eigenvalue weighted by Gasteiger charge is 2.25. The van der Waals surface area contributed by atoms with Crippen molar-refractivity contribution in [3.63, 3.8) is 0 Å². The van der Waals surface area contributed by atoms with Gasteiger partial charge in [0.1, 0.15) is 24.6 Å². The summed E-state index contributed by atoms with van der Waals surface area (Å²) < 4.78 is 0. The van der Waals surface area contributed by atoms with Gasteiger partial charge in [-0.15, -0.1) is 0 Å². The van der Waals surface area contributed by atoms with Gasteiger partial charge < -0.3 is 20.1 Å². The van der Waals surface area contributed by atoms with Crippen molar-refractivity contribution in [1.29, 1.82) is 0 Å². The molecule has 0 aliphatic rings. The van der Waals surface area contributed by atoms with Crippen LogP contribution in [0, 0.1) is 0 Å². The monoisotopic (exact) mass is 179 g/mol. The second-order valence-electron chi connectivity index (χ2n) is 2.32. The lowest BCUT2D eigenvalue weighted by Gasteiger charge is -2.21. The van der Waals surface area contributed by atoms with Gasteiger partial charge in [-0.1, -0.05) is 0 Å². The molecule has 0 spiro atoms. The van der Waals surface area contributed by atoms with Gasteiger partial charge in [0, 0.05) is 6.42 Å². The number of hydrogen-bond acceptors (Lipinski definition) is 6. The van der Waals surface area contributed by atoms with Gasteiger partial charge in [-0.05, 0) is 0 Å². The zero-order valence-electron chi connectivity index (χ0n) is 6.46. The molecule has 0 rings (SSSR count). The van der Waals surface area contributed by atoms with Crippen molar-refractivity contribution >= 4 is 6.29 Å². The molecule has 12 heavy (non-hydrogen) atoms. The molecule has 5 N–H and O–H groups in total. The van der Waals surface area contributed by atoms with E-state index < -0.39 is 24.9 Å². The standard InChI is InChI=1S/C6H13NO5/c7-12-5(1-2-8)6(11)4(10)3-9/h2,4-6,9-11H,1,3,7H2/t4-,5-,6-/m0/s1. The third-order valence-electron chi connectivity index (χ3n) is 1.47. The van der Waals surface area contributed by atoms with E-state index in [0.29, 0.717) is 6.29 Å². The van der Waals surface area contributed by atoms with Crippen LogP contribution in [0.15, 0.2) is 0 Å². The summed E-state index contributed by atoms with van der Waals surface area (Å²) in [5, 5.41) is 26.5. The molecule has 0 saturated heterocycles. The van der Waals surface area contributed by atoms with Crippen LogP contribution in [-0.2, 0) is 9.63 Å². The topological polar surface area (TPSA) is 113 Å². The fourth-order valence-corrected chi connectivity index (χ4v) is 0.726. The number of nitrogens with two attached hydrogens (primary N) is 1. The van der Waals surface area contributed by atoms with Crippen LogP contribution in [-0.4, -0.2) is 46.5 Å². The van der Waals surface area contributed by atoms with Gasteiger partial charge >= 0.3 is 0 Å². The molecule has 72 valence electrons. The lowest BCUT2D eigenvalue weighted by Crippen LogP contribution is -2.42. The molecule has 0 aliphatic heterocycles. The highest BCUT2D eigenvalue weighted by atomic mass is 16.6. The Labute approximate surface area is 69.5 Å². The minimum atomic E-state index is -1.36. The van der Waals surface area contributed by atoms with Crippen LogP contribution in [0.25, 0.3) is 0 Å². The van der Waals surface area contributed by atoms with Crippen molar-refractivity contribution in [1.82, 2.24) is 0 Å². The van der Waals surface area contributed by atoms with E-state index >= 15 is 0 Å². The predicted molar refractivity (Wildman–Crippen MR) is 38.8 cm³/mol. The van der Waals surface area contributed by atoms with Gasteiger partial charge in [-0.3, -0.25) is 4.84 Å². The number of aliphatic hydroxyl groups excluding tert-OH is 3. The molecule has 0 aromatic carbocycles. The number of aliphatic hydroxyl groups is 3. The van der Waals surface area contributed by atoms with Crippen molar-refractivity contribution in [3.05, 3.63) is 0 Å². The smallest absolute Gasteiger partial charge is 0.122 e. The molecular formula is C6H13NO5. The maximum absolute atomic E-state index is 10.00. The number of carbonyl (C=O) groups excluding carboxylic acids is 1. The summed E-state index contributed by atoms with van der Waals surface area (Å²) in [7, 11) is 0. The Kier molecular flexibility index (Phi) is 5.77. The quantitative estimate of drug-likeness (QED) is 0.266. The summed E-state index contributed by atoms with van der Waals surface area (Å²) in [6.45, 7) is -0.611. The van der Waals surface area contributed by atoms with Crippen molar-refractivity contribution in [3.8, 4) is 0 Å². The van der Waals surface area contributed by atoms with Crippen molar-refractivity contribution in [2.45, 2.75) is 24.7 Å². The summed E-state index contributed by atoms with van der Waals surface area (Å²) in [5.41, 5.74) is 0. The van der Waals surface area contributed by atoms with Crippen LogP contribution < -0.4 is 5.90 Å². The molecule has 0 radical (unpaired) electrons. The minimum absolute atomic E-state index is 0.130. The lowest BCUT2D eigenvalue weighted by atomic mass is 10.1. The molecule has 0 unspecified atom stereocenters. The molecule has 3 atom stereocenters. The van der Waals surface area contributed by atoms with Gasteiger partial charge in [0.2, 0.25) is 0 Å². The molecule has 0 amide bonds. The molecule has 0 fully saturated rings. The molecular weight excluding hydrogens is 166 g/mol. The van der Waals surface area contributed by atoms with Gasteiger partial charge in [-0.25, -0.2) is 5.90 Å². The maximum atomic E-state index is 10.00. The van der Waals surface area contributed by atoms with Crippen molar-refractivity contribution < 1.29 is 25.0 Å². The molecule has 0 aliphatic carbocycles. The Morgan fingerprint density at radius 3 is 2.42 bits per heavy atom. The van der Waals surface area contributed by atoms with Crippen molar-refractivity contribution in [2.24, 2.45) is 5.90 Å². The summed E-state index contributed by atoms with van der Waals surface area (Å²) in [4.78, 5) is 14.2. The zero-order valence-corrected chi connectivity index (χ0v) is 6.46. The van der Waals surface area contributed by atoms with Gasteiger partial charge in [0.15, 0.2) is 0 Å². The third-order valence-corrected chi connectivity index (χ3v) is 1.47. The first-order valence-electron chi connectivity index (χ1n) is 3.43. The SMILES string of the molecule is NO[C@@H](CC=O)[C@@H](O)[C@@H](O)CO. The second-order valence-corrected chi connectivity index (χ2v) is 2.32. The predicted octanol–water partition coefficient (Wildman–Crippen LogP) is -2.45. The first-order chi connectivity index (χ1) is 5.67. The van der Waals surface area contributed by atoms with E-state index in [-0.39, 0.29) is 6.42 Å². The molecule has 0 aromatic rings. The van der Waals surface area contributed by atoms with E-state index in [0.717, 1.165) is 0 Å². The average Bonchev–Trinajstić information content (AvgIpc) is 2.11. The molecule has 0 saturated carbocycles. The minimum Gasteiger partial charge on any atom is -0.394 e. The van der Waals surface area contributed by atoms with Crippen LogP contribution in [0.2, 0.25) is 0 Å². The van der Waals surface area contributed by atoms with Crippen LogP contribution in [0.4, 0.5) is 0 Å². The van der Waals surface area contributed by atoms with Crippen LogP contribution in [0.1, 0.15) is 6.42 Å². The summed E-state index contributed by atoms with van der Waals surface area (Å²) in [6, 6.07) is 0. The van der Waals surface area contributed by atoms with E-state index in [4.69, 9.17) is 21.2 Å². The Morgan fingerprint density at radius 2 is 2.08 bits per heavy atom. The molecule has 0 bridgehead atoms. The van der Waals surface area contributed by atoms with E-state index in [1.54, 1.807) is 0 Å². The van der Waals surface area contributed by atoms with Gasteiger partial charge in [0.05, 0.1) is 6.61 Å². The second kappa shape index (κ2) is 6.04. The largest absolute Gasteiger partial charge is 0.394 e. The van der Waals surface area contributed by atoms with E-state index in [2.05, 4.69) is 4.84 Å². The lowest BCUT2D eigenvalue weighted by molar-refractivity contribution is -0.123. The maximum Gasteiger partial charge on any atom is 0.122 e. The first-order valence-corrected chi connectivity index (χ1v) is 3.43. The third kappa shape index (κ3) is 3.24. The summed E-state index contributed by atoms with van der Waals surface area (Å²) in [6.07, 6.45) is -3.31. The Hall–Kier alpha value is -0.530. The summed E-state index contributed by atoms with van der Waals surface area (Å²) in [5.74, 6) is 4.74. The Morgan fingerprint density at radius 1 is 1.50 bits per heavy atom. The van der Waals surface area contributed by atoms with E-state index in [9.17, 15) is 4.79 Å². The molecule has 6 heteroatoms. The molecule has 6 nitrogen and oxygen atoms in total. The normalized spacial score (nSPS) is 18.3. The fraction of sp³-hybridized carbons (Fsp3) is 0.833. The van der Waals surface area contributed by atoms with Gasteiger partial charge in [-0.2, -0.15) is 0 Å². The first kappa shape index (κ1) is 11.5. The Bertz CT molecular complexity index is 131. The number of rotatable bonds is 6. The van der Waals surface area contributed by atoms with Crippen LogP contribution >= 0.6 is 0 Å².